The highest BCUT2D eigenvalue weighted by Gasteiger charge is 2.13. The molecule has 1 aromatic heterocycles. The van der Waals surface area contributed by atoms with E-state index < -0.39 is 0 Å². The Morgan fingerprint density at radius 1 is 1.00 bits per heavy atom. The second kappa shape index (κ2) is 8.11. The Morgan fingerprint density at radius 3 is 2.50 bits per heavy atom. The van der Waals surface area contributed by atoms with Crippen LogP contribution in [0, 0.1) is 0 Å². The van der Waals surface area contributed by atoms with Crippen molar-refractivity contribution in [1.82, 2.24) is 9.97 Å². The number of benzene rings is 2. The minimum Gasteiger partial charge on any atom is -0.489 e. The first-order chi connectivity index (χ1) is 12.6. The third-order valence-corrected chi connectivity index (χ3v) is 3.42. The summed E-state index contributed by atoms with van der Waals surface area (Å²) in [5.74, 6) is 0.645. The van der Waals surface area contributed by atoms with Crippen LogP contribution < -0.4 is 15.4 Å². The van der Waals surface area contributed by atoms with Gasteiger partial charge in [0.2, 0.25) is 5.95 Å². The molecule has 2 aromatic carbocycles. The highest BCUT2D eigenvalue weighted by Crippen LogP contribution is 2.25. The molecule has 0 radical (unpaired) electrons. The standard InChI is InChI=1S/C20H20N4O2/c1-14(2)26-18-11-7-6-10-16(18)23-19(25)17-12-13-21-20(24-17)22-15-8-4-3-5-9-15/h3-14H,1-2H3,(H,23,25)(H,21,22,24). The molecule has 0 unspecified atom stereocenters. The molecule has 0 aliphatic rings. The Hall–Kier alpha value is -3.41. The van der Waals surface area contributed by atoms with E-state index in [1.807, 2.05) is 62.4 Å². The van der Waals surface area contributed by atoms with E-state index in [2.05, 4.69) is 20.6 Å². The van der Waals surface area contributed by atoms with E-state index in [1.165, 1.54) is 0 Å². The first kappa shape index (κ1) is 17.4. The maximum absolute atomic E-state index is 12.6. The molecular formula is C20H20N4O2. The molecule has 0 fully saturated rings. The molecule has 3 aromatic rings. The molecule has 0 atom stereocenters. The average molecular weight is 348 g/mol. The van der Waals surface area contributed by atoms with Gasteiger partial charge in [-0.1, -0.05) is 30.3 Å². The highest BCUT2D eigenvalue weighted by atomic mass is 16.5. The zero-order valence-corrected chi connectivity index (χ0v) is 14.6. The molecule has 1 amide bonds. The van der Waals surface area contributed by atoms with Crippen LogP contribution in [0.5, 0.6) is 5.75 Å². The summed E-state index contributed by atoms with van der Waals surface area (Å²) in [5.41, 5.74) is 1.71. The molecule has 26 heavy (non-hydrogen) atoms. The van der Waals surface area contributed by atoms with Gasteiger partial charge in [-0.2, -0.15) is 0 Å². The molecule has 2 N–H and O–H groups in total. The molecular weight excluding hydrogens is 328 g/mol. The van der Waals surface area contributed by atoms with Gasteiger partial charge in [0, 0.05) is 11.9 Å². The fourth-order valence-corrected chi connectivity index (χ4v) is 2.31. The minimum atomic E-state index is -0.330. The number of hydrogen-bond donors (Lipinski definition) is 2. The normalized spacial score (nSPS) is 10.4. The van der Waals surface area contributed by atoms with Crippen molar-refractivity contribution in [2.24, 2.45) is 0 Å². The van der Waals surface area contributed by atoms with Crippen molar-refractivity contribution in [2.75, 3.05) is 10.6 Å². The van der Waals surface area contributed by atoms with Crippen LogP contribution in [0.4, 0.5) is 17.3 Å². The molecule has 1 heterocycles. The summed E-state index contributed by atoms with van der Waals surface area (Å²) in [7, 11) is 0. The second-order valence-corrected chi connectivity index (χ2v) is 5.87. The Bertz CT molecular complexity index is 882. The Morgan fingerprint density at radius 2 is 1.73 bits per heavy atom. The Kier molecular flexibility index (Phi) is 5.43. The van der Waals surface area contributed by atoms with Crippen LogP contribution in [0.25, 0.3) is 0 Å². The maximum Gasteiger partial charge on any atom is 0.274 e. The van der Waals surface area contributed by atoms with Gasteiger partial charge in [0.1, 0.15) is 11.4 Å². The van der Waals surface area contributed by atoms with Crippen molar-refractivity contribution >= 4 is 23.2 Å². The molecule has 0 bridgehead atoms. The number of nitrogens with one attached hydrogen (secondary N) is 2. The lowest BCUT2D eigenvalue weighted by Gasteiger charge is -2.14. The van der Waals surface area contributed by atoms with Crippen LogP contribution in [0.2, 0.25) is 0 Å². The third kappa shape index (κ3) is 4.57. The summed E-state index contributed by atoms with van der Waals surface area (Å²) in [6, 6.07) is 18.4. The zero-order chi connectivity index (χ0) is 18.4. The molecule has 132 valence electrons. The zero-order valence-electron chi connectivity index (χ0n) is 14.6. The first-order valence-electron chi connectivity index (χ1n) is 8.34. The van der Waals surface area contributed by atoms with Gasteiger partial charge >= 0.3 is 0 Å². The molecule has 6 heteroatoms. The number of carbonyl (C=O) groups excluding carboxylic acids is 1. The van der Waals surface area contributed by atoms with E-state index >= 15 is 0 Å². The van der Waals surface area contributed by atoms with Crippen LogP contribution >= 0.6 is 0 Å². The van der Waals surface area contributed by atoms with Gasteiger partial charge in [-0.3, -0.25) is 4.79 Å². The second-order valence-electron chi connectivity index (χ2n) is 5.87. The topological polar surface area (TPSA) is 76.1 Å². The van der Waals surface area contributed by atoms with Gasteiger partial charge in [0.05, 0.1) is 11.8 Å². The number of carbonyl (C=O) groups is 1. The number of ether oxygens (including phenoxy) is 1. The molecule has 6 nitrogen and oxygen atoms in total. The van der Waals surface area contributed by atoms with Gasteiger partial charge in [-0.25, -0.2) is 9.97 Å². The van der Waals surface area contributed by atoms with Crippen molar-refractivity contribution in [3.63, 3.8) is 0 Å². The molecule has 0 aliphatic carbocycles. The highest BCUT2D eigenvalue weighted by molar-refractivity contribution is 6.03. The lowest BCUT2D eigenvalue weighted by molar-refractivity contribution is 0.102. The summed E-state index contributed by atoms with van der Waals surface area (Å²) in [5, 5.41) is 5.91. The summed E-state index contributed by atoms with van der Waals surface area (Å²) in [4.78, 5) is 21.0. The number of hydrogen-bond acceptors (Lipinski definition) is 5. The van der Waals surface area contributed by atoms with Crippen molar-refractivity contribution < 1.29 is 9.53 Å². The predicted octanol–water partition coefficient (Wildman–Crippen LogP) is 4.26. The van der Waals surface area contributed by atoms with Crippen molar-refractivity contribution in [3.8, 4) is 5.75 Å². The van der Waals surface area contributed by atoms with Crippen molar-refractivity contribution in [1.29, 1.82) is 0 Å². The number of amides is 1. The van der Waals surface area contributed by atoms with Crippen molar-refractivity contribution in [3.05, 3.63) is 72.6 Å². The number of nitrogens with zero attached hydrogens (tertiary/aromatic N) is 2. The molecule has 0 aliphatic heterocycles. The average Bonchev–Trinajstić information content (AvgIpc) is 2.64. The lowest BCUT2D eigenvalue weighted by atomic mass is 10.2. The number of anilines is 3. The molecule has 0 spiro atoms. The fourth-order valence-electron chi connectivity index (χ4n) is 2.31. The van der Waals surface area contributed by atoms with Gasteiger partial charge in [-0.15, -0.1) is 0 Å². The van der Waals surface area contributed by atoms with Gasteiger partial charge in [-0.05, 0) is 44.2 Å². The molecule has 0 saturated heterocycles. The van der Waals surface area contributed by atoms with E-state index in [-0.39, 0.29) is 17.7 Å². The van der Waals surface area contributed by atoms with E-state index in [0.717, 1.165) is 5.69 Å². The van der Waals surface area contributed by atoms with E-state index in [1.54, 1.807) is 18.3 Å². The third-order valence-electron chi connectivity index (χ3n) is 3.42. The monoisotopic (exact) mass is 348 g/mol. The predicted molar refractivity (Wildman–Crippen MR) is 102 cm³/mol. The number of rotatable bonds is 6. The van der Waals surface area contributed by atoms with E-state index in [0.29, 0.717) is 17.4 Å². The van der Waals surface area contributed by atoms with Gasteiger partial charge in [0.15, 0.2) is 0 Å². The van der Waals surface area contributed by atoms with E-state index in [9.17, 15) is 4.79 Å². The fraction of sp³-hybridized carbons (Fsp3) is 0.150. The number of aromatic nitrogens is 2. The first-order valence-corrected chi connectivity index (χ1v) is 8.34. The van der Waals surface area contributed by atoms with Crippen LogP contribution in [-0.2, 0) is 0 Å². The Balaban J connectivity index is 1.76. The van der Waals surface area contributed by atoms with Crippen LogP contribution in [0.15, 0.2) is 66.9 Å². The summed E-state index contributed by atoms with van der Waals surface area (Å²) >= 11 is 0. The maximum atomic E-state index is 12.6. The lowest BCUT2D eigenvalue weighted by Crippen LogP contribution is -2.16. The minimum absolute atomic E-state index is 0.00813. The summed E-state index contributed by atoms with van der Waals surface area (Å²) in [6.07, 6.45) is 1.55. The summed E-state index contributed by atoms with van der Waals surface area (Å²) in [6.45, 7) is 3.87. The number of para-hydroxylation sites is 3. The van der Waals surface area contributed by atoms with Crippen LogP contribution in [-0.4, -0.2) is 22.0 Å². The quantitative estimate of drug-likeness (QED) is 0.696. The summed E-state index contributed by atoms with van der Waals surface area (Å²) < 4.78 is 5.72. The van der Waals surface area contributed by atoms with Crippen LogP contribution in [0.3, 0.4) is 0 Å². The largest absolute Gasteiger partial charge is 0.489 e. The van der Waals surface area contributed by atoms with Crippen molar-refractivity contribution in [2.45, 2.75) is 20.0 Å². The molecule has 0 saturated carbocycles. The van der Waals surface area contributed by atoms with Gasteiger partial charge in [0.25, 0.3) is 5.91 Å². The smallest absolute Gasteiger partial charge is 0.274 e. The van der Waals surface area contributed by atoms with Crippen LogP contribution in [0.1, 0.15) is 24.3 Å². The van der Waals surface area contributed by atoms with E-state index in [4.69, 9.17) is 4.74 Å². The SMILES string of the molecule is CC(C)Oc1ccccc1NC(=O)c1ccnc(Nc2ccccc2)n1. The Labute approximate surface area is 152 Å². The van der Waals surface area contributed by atoms with Gasteiger partial charge < -0.3 is 15.4 Å². The molecule has 3 rings (SSSR count).